The van der Waals surface area contributed by atoms with Crippen molar-refractivity contribution >= 4 is 11.6 Å². The third-order valence-corrected chi connectivity index (χ3v) is 3.10. The molecule has 1 aromatic carbocycles. The van der Waals surface area contributed by atoms with Gasteiger partial charge in [0.15, 0.2) is 0 Å². The molecule has 0 fully saturated rings. The summed E-state index contributed by atoms with van der Waals surface area (Å²) < 4.78 is 0. The van der Waals surface area contributed by atoms with E-state index in [0.717, 1.165) is 5.56 Å². The largest absolute Gasteiger partial charge is 0.335 e. The topological polar surface area (TPSA) is 76.3 Å². The molecule has 0 N–H and O–H groups in total. The molecule has 1 amide bonds. The first-order valence-corrected chi connectivity index (χ1v) is 6.54. The highest BCUT2D eigenvalue weighted by atomic mass is 16.6. The van der Waals surface area contributed by atoms with E-state index in [4.69, 9.17) is 0 Å². The van der Waals surface area contributed by atoms with E-state index < -0.39 is 4.92 Å². The molecule has 0 aliphatic carbocycles. The fourth-order valence-corrected chi connectivity index (χ4v) is 1.97. The Bertz CT molecular complexity index is 644. The van der Waals surface area contributed by atoms with E-state index in [0.29, 0.717) is 18.7 Å². The van der Waals surface area contributed by atoms with E-state index in [1.165, 1.54) is 18.2 Å². The molecule has 2 rings (SSSR count). The number of rotatable bonds is 5. The Hall–Kier alpha value is -2.76. The molecule has 0 aliphatic rings. The molecule has 6 heteroatoms. The predicted molar refractivity (Wildman–Crippen MR) is 77.7 cm³/mol. The average Bonchev–Trinajstić information content (AvgIpc) is 2.53. The summed E-state index contributed by atoms with van der Waals surface area (Å²) in [4.78, 5) is 28.3. The van der Waals surface area contributed by atoms with Crippen molar-refractivity contribution in [3.05, 3.63) is 70.0 Å². The zero-order valence-corrected chi connectivity index (χ0v) is 11.6. The second kappa shape index (κ2) is 6.60. The summed E-state index contributed by atoms with van der Waals surface area (Å²) in [6.45, 7) is 2.83. The van der Waals surface area contributed by atoms with Crippen LogP contribution in [0.15, 0.2) is 48.8 Å². The lowest BCUT2D eigenvalue weighted by Crippen LogP contribution is -2.30. The van der Waals surface area contributed by atoms with Crippen LogP contribution < -0.4 is 0 Å². The van der Waals surface area contributed by atoms with Crippen LogP contribution in [0.1, 0.15) is 22.8 Å². The fourth-order valence-electron chi connectivity index (χ4n) is 1.97. The zero-order chi connectivity index (χ0) is 15.2. The van der Waals surface area contributed by atoms with Crippen LogP contribution in [0, 0.1) is 10.1 Å². The van der Waals surface area contributed by atoms with Gasteiger partial charge in [-0.3, -0.25) is 19.9 Å². The first-order valence-electron chi connectivity index (χ1n) is 6.54. The molecule has 1 aromatic heterocycles. The second-order valence-corrected chi connectivity index (χ2v) is 4.48. The quantitative estimate of drug-likeness (QED) is 0.625. The number of nitrogens with zero attached hydrogens (tertiary/aromatic N) is 3. The Morgan fingerprint density at radius 3 is 2.62 bits per heavy atom. The lowest BCUT2D eigenvalue weighted by molar-refractivity contribution is -0.384. The van der Waals surface area contributed by atoms with Crippen molar-refractivity contribution in [2.24, 2.45) is 0 Å². The Labute approximate surface area is 122 Å². The van der Waals surface area contributed by atoms with Crippen LogP contribution in [-0.4, -0.2) is 27.3 Å². The van der Waals surface area contributed by atoms with Crippen LogP contribution in [0.3, 0.4) is 0 Å². The minimum Gasteiger partial charge on any atom is -0.335 e. The number of pyridine rings is 1. The standard InChI is InChI=1S/C15H15N3O3/c1-2-17(11-12-6-8-16-9-7-12)15(19)13-4-3-5-14(10-13)18(20)21/h3-10H,2,11H2,1H3. The van der Waals surface area contributed by atoms with E-state index >= 15 is 0 Å². The number of aromatic nitrogens is 1. The summed E-state index contributed by atoms with van der Waals surface area (Å²) >= 11 is 0. The van der Waals surface area contributed by atoms with Crippen molar-refractivity contribution in [1.82, 2.24) is 9.88 Å². The maximum absolute atomic E-state index is 12.4. The highest BCUT2D eigenvalue weighted by molar-refractivity contribution is 5.94. The molecule has 1 heterocycles. The molecule has 0 spiro atoms. The summed E-state index contributed by atoms with van der Waals surface area (Å²) in [5.41, 5.74) is 1.20. The number of carbonyl (C=O) groups excluding carboxylic acids is 1. The third kappa shape index (κ3) is 3.62. The van der Waals surface area contributed by atoms with Gasteiger partial charge in [-0.1, -0.05) is 6.07 Å². The maximum atomic E-state index is 12.4. The van der Waals surface area contributed by atoms with Crippen molar-refractivity contribution in [2.45, 2.75) is 13.5 Å². The van der Waals surface area contributed by atoms with Gasteiger partial charge in [-0.25, -0.2) is 0 Å². The Kier molecular flexibility index (Phi) is 4.61. The van der Waals surface area contributed by atoms with Crippen LogP contribution in [0.4, 0.5) is 5.69 Å². The van der Waals surface area contributed by atoms with Gasteiger partial charge in [0.1, 0.15) is 0 Å². The first kappa shape index (κ1) is 14.6. The number of carbonyl (C=O) groups is 1. The van der Waals surface area contributed by atoms with Crippen molar-refractivity contribution in [3.63, 3.8) is 0 Å². The van der Waals surface area contributed by atoms with E-state index in [2.05, 4.69) is 4.98 Å². The molecule has 0 radical (unpaired) electrons. The zero-order valence-electron chi connectivity index (χ0n) is 11.6. The van der Waals surface area contributed by atoms with Crippen LogP contribution >= 0.6 is 0 Å². The summed E-state index contributed by atoms with van der Waals surface area (Å²) in [5.74, 6) is -0.224. The SMILES string of the molecule is CCN(Cc1ccncc1)C(=O)c1cccc([N+](=O)[O-])c1. The molecular weight excluding hydrogens is 270 g/mol. The third-order valence-electron chi connectivity index (χ3n) is 3.10. The van der Waals surface area contributed by atoms with E-state index in [-0.39, 0.29) is 11.6 Å². The van der Waals surface area contributed by atoms with Crippen LogP contribution in [0.2, 0.25) is 0 Å². The minimum absolute atomic E-state index is 0.0826. The summed E-state index contributed by atoms with van der Waals surface area (Å²) in [6.07, 6.45) is 3.34. The molecule has 0 atom stereocenters. The molecule has 0 saturated heterocycles. The summed E-state index contributed by atoms with van der Waals surface area (Å²) in [5, 5.41) is 10.8. The monoisotopic (exact) mass is 285 g/mol. The number of benzene rings is 1. The predicted octanol–water partition coefficient (Wildman–Crippen LogP) is 2.65. The van der Waals surface area contributed by atoms with Gasteiger partial charge in [0.25, 0.3) is 11.6 Å². The molecule has 0 bridgehead atoms. The van der Waals surface area contributed by atoms with E-state index in [1.807, 2.05) is 19.1 Å². The number of non-ortho nitro benzene ring substituents is 1. The Morgan fingerprint density at radius 1 is 1.29 bits per heavy atom. The first-order chi connectivity index (χ1) is 10.1. The number of nitro benzene ring substituents is 1. The molecule has 0 unspecified atom stereocenters. The molecule has 21 heavy (non-hydrogen) atoms. The lowest BCUT2D eigenvalue weighted by Gasteiger charge is -2.21. The van der Waals surface area contributed by atoms with Gasteiger partial charge in [-0.15, -0.1) is 0 Å². The van der Waals surface area contributed by atoms with Gasteiger partial charge >= 0.3 is 0 Å². The van der Waals surface area contributed by atoms with Gasteiger partial charge in [-0.2, -0.15) is 0 Å². The van der Waals surface area contributed by atoms with Crippen molar-refractivity contribution < 1.29 is 9.72 Å². The van der Waals surface area contributed by atoms with Crippen LogP contribution in [-0.2, 0) is 6.54 Å². The lowest BCUT2D eigenvalue weighted by atomic mass is 10.1. The van der Waals surface area contributed by atoms with Crippen LogP contribution in [0.5, 0.6) is 0 Å². The van der Waals surface area contributed by atoms with Gasteiger partial charge in [0.05, 0.1) is 4.92 Å². The maximum Gasteiger partial charge on any atom is 0.270 e. The second-order valence-electron chi connectivity index (χ2n) is 4.48. The number of nitro groups is 1. The minimum atomic E-state index is -0.504. The molecule has 108 valence electrons. The van der Waals surface area contributed by atoms with Crippen molar-refractivity contribution in [2.75, 3.05) is 6.54 Å². The number of amides is 1. The fraction of sp³-hybridized carbons (Fsp3) is 0.200. The molecule has 6 nitrogen and oxygen atoms in total. The molecule has 2 aromatic rings. The summed E-state index contributed by atoms with van der Waals surface area (Å²) in [7, 11) is 0. The normalized spacial score (nSPS) is 10.1. The highest BCUT2D eigenvalue weighted by Crippen LogP contribution is 2.16. The molecule has 0 aliphatic heterocycles. The van der Waals surface area contributed by atoms with Gasteiger partial charge in [0, 0.05) is 43.2 Å². The smallest absolute Gasteiger partial charge is 0.270 e. The highest BCUT2D eigenvalue weighted by Gasteiger charge is 2.17. The number of hydrogen-bond donors (Lipinski definition) is 0. The van der Waals surface area contributed by atoms with Gasteiger partial charge in [0.2, 0.25) is 0 Å². The van der Waals surface area contributed by atoms with Gasteiger partial charge in [-0.05, 0) is 30.7 Å². The molecular formula is C15H15N3O3. The molecule has 0 saturated carbocycles. The van der Waals surface area contributed by atoms with Gasteiger partial charge < -0.3 is 4.90 Å². The van der Waals surface area contributed by atoms with E-state index in [9.17, 15) is 14.9 Å². The summed E-state index contributed by atoms with van der Waals surface area (Å²) in [6, 6.07) is 9.45. The van der Waals surface area contributed by atoms with Crippen LogP contribution in [0.25, 0.3) is 0 Å². The Morgan fingerprint density at radius 2 is 2.00 bits per heavy atom. The average molecular weight is 285 g/mol. The van der Waals surface area contributed by atoms with Crippen molar-refractivity contribution in [3.8, 4) is 0 Å². The number of hydrogen-bond acceptors (Lipinski definition) is 4. The van der Waals surface area contributed by atoms with E-state index in [1.54, 1.807) is 23.4 Å². The van der Waals surface area contributed by atoms with Crippen molar-refractivity contribution in [1.29, 1.82) is 0 Å². The Balaban J connectivity index is 2.20.